The number of halogens is 1. The number of pyridine rings is 1. The molecule has 0 amide bonds. The summed E-state index contributed by atoms with van der Waals surface area (Å²) in [6.45, 7) is 0. The van der Waals surface area contributed by atoms with Crippen LogP contribution >= 0.6 is 11.6 Å². The van der Waals surface area contributed by atoms with Crippen molar-refractivity contribution in [2.24, 2.45) is 0 Å². The van der Waals surface area contributed by atoms with Crippen LogP contribution in [0.15, 0.2) is 47.3 Å². The Labute approximate surface area is 96.8 Å². The van der Waals surface area contributed by atoms with Crippen molar-refractivity contribution in [2.45, 2.75) is 0 Å². The second-order valence-corrected chi connectivity index (χ2v) is 4.04. The number of benzene rings is 2. The minimum atomic E-state index is -0.0514. The van der Waals surface area contributed by atoms with Gasteiger partial charge in [-0.1, -0.05) is 35.9 Å². The molecule has 3 heteroatoms. The molecule has 0 radical (unpaired) electrons. The highest BCUT2D eigenvalue weighted by atomic mass is 35.5. The van der Waals surface area contributed by atoms with Crippen molar-refractivity contribution in [3.05, 3.63) is 57.7 Å². The van der Waals surface area contributed by atoms with E-state index in [-0.39, 0.29) is 5.43 Å². The molecule has 0 saturated heterocycles. The Balaban J connectivity index is 2.62. The molecule has 0 atom stereocenters. The molecule has 1 aliphatic heterocycles. The highest BCUT2D eigenvalue weighted by Crippen LogP contribution is 2.31. The summed E-state index contributed by atoms with van der Waals surface area (Å²) in [5.41, 5.74) is 2.22. The summed E-state index contributed by atoms with van der Waals surface area (Å²) < 4.78 is 0. The molecule has 78 valence electrons. The zero-order valence-electron chi connectivity index (χ0n) is 8.33. The van der Waals surface area contributed by atoms with Crippen molar-refractivity contribution >= 4 is 22.5 Å². The van der Waals surface area contributed by atoms with Crippen LogP contribution in [0, 0.1) is 0 Å². The van der Waals surface area contributed by atoms with Gasteiger partial charge in [0.2, 0.25) is 0 Å². The van der Waals surface area contributed by atoms with Crippen molar-refractivity contribution < 1.29 is 0 Å². The molecule has 2 aliphatic rings. The quantitative estimate of drug-likeness (QED) is 0.590. The van der Waals surface area contributed by atoms with E-state index in [0.717, 1.165) is 16.6 Å². The van der Waals surface area contributed by atoms with Crippen molar-refractivity contribution in [3.8, 4) is 11.3 Å². The molecule has 0 spiro atoms. The molecule has 3 rings (SSSR count). The third-order valence-corrected chi connectivity index (χ3v) is 3.07. The second-order valence-electron chi connectivity index (χ2n) is 3.66. The van der Waals surface area contributed by atoms with Gasteiger partial charge in [-0.3, -0.25) is 4.79 Å². The lowest BCUT2D eigenvalue weighted by Crippen LogP contribution is -2.06. The number of hydrogen-bond acceptors (Lipinski definition) is 1. The lowest BCUT2D eigenvalue weighted by atomic mass is 10.1. The number of nitrogens with one attached hydrogen (secondary N) is 1. The second kappa shape index (κ2) is 3.35. The van der Waals surface area contributed by atoms with Crippen molar-refractivity contribution in [2.75, 3.05) is 0 Å². The lowest BCUT2D eigenvalue weighted by molar-refractivity contribution is 1.37. The lowest BCUT2D eigenvalue weighted by Gasteiger charge is -2.10. The SMILES string of the molecule is O=c1cccc2[nH]c3ccccc3c(Cl)c1-2. The van der Waals surface area contributed by atoms with E-state index in [9.17, 15) is 4.79 Å². The van der Waals surface area contributed by atoms with Crippen LogP contribution in [0.3, 0.4) is 0 Å². The predicted octanol–water partition coefficient (Wildman–Crippen LogP) is 3.29. The first-order valence-corrected chi connectivity index (χ1v) is 5.34. The summed E-state index contributed by atoms with van der Waals surface area (Å²) in [6, 6.07) is 12.8. The van der Waals surface area contributed by atoms with Gasteiger partial charge in [-0.2, -0.15) is 0 Å². The Bertz CT molecular complexity index is 702. The van der Waals surface area contributed by atoms with E-state index >= 15 is 0 Å². The fourth-order valence-electron chi connectivity index (χ4n) is 1.92. The molecule has 0 unspecified atom stereocenters. The number of H-pyrrole nitrogens is 1. The molecular weight excluding hydrogens is 222 g/mol. The largest absolute Gasteiger partial charge is 0.354 e. The topological polar surface area (TPSA) is 32.9 Å². The average Bonchev–Trinajstić information content (AvgIpc) is 2.29. The van der Waals surface area contributed by atoms with Gasteiger partial charge in [0.15, 0.2) is 5.43 Å². The Morgan fingerprint density at radius 1 is 1.00 bits per heavy atom. The molecule has 1 heterocycles. The first kappa shape index (κ1) is 9.43. The van der Waals surface area contributed by atoms with Crippen LogP contribution in [0.4, 0.5) is 0 Å². The standard InChI is InChI=1S/C13H8ClNO/c14-13-8-4-1-2-5-9(8)15-10-6-3-7-11(16)12(10)13/h1-7,15H. The van der Waals surface area contributed by atoms with E-state index < -0.39 is 0 Å². The fraction of sp³-hybridized carbons (Fsp3) is 0. The van der Waals surface area contributed by atoms with Crippen LogP contribution in [-0.4, -0.2) is 4.98 Å². The molecule has 1 aliphatic carbocycles. The molecule has 0 saturated carbocycles. The maximum absolute atomic E-state index is 11.7. The van der Waals surface area contributed by atoms with Crippen LogP contribution in [0.25, 0.3) is 22.2 Å². The monoisotopic (exact) mass is 229 g/mol. The van der Waals surface area contributed by atoms with Crippen LogP contribution in [-0.2, 0) is 0 Å². The molecular formula is C13H8ClNO. The Morgan fingerprint density at radius 3 is 2.69 bits per heavy atom. The summed E-state index contributed by atoms with van der Waals surface area (Å²) >= 11 is 6.26. The van der Waals surface area contributed by atoms with Gasteiger partial charge in [-0.25, -0.2) is 0 Å². The minimum absolute atomic E-state index is 0.0514. The third kappa shape index (κ3) is 1.24. The van der Waals surface area contributed by atoms with Gasteiger partial charge < -0.3 is 4.98 Å². The van der Waals surface area contributed by atoms with Crippen molar-refractivity contribution in [1.29, 1.82) is 0 Å². The zero-order valence-corrected chi connectivity index (χ0v) is 9.08. The van der Waals surface area contributed by atoms with Gasteiger partial charge in [-0.15, -0.1) is 0 Å². The van der Waals surface area contributed by atoms with Crippen molar-refractivity contribution in [3.63, 3.8) is 0 Å². The number of para-hydroxylation sites is 1. The smallest absolute Gasteiger partial charge is 0.189 e. The fourth-order valence-corrected chi connectivity index (χ4v) is 2.28. The van der Waals surface area contributed by atoms with Crippen LogP contribution in [0.1, 0.15) is 0 Å². The normalized spacial score (nSPS) is 11.1. The van der Waals surface area contributed by atoms with E-state index in [1.807, 2.05) is 30.3 Å². The maximum atomic E-state index is 11.7. The Kier molecular flexibility index (Phi) is 1.98. The zero-order chi connectivity index (χ0) is 11.1. The minimum Gasteiger partial charge on any atom is -0.354 e. The van der Waals surface area contributed by atoms with Crippen LogP contribution in [0.2, 0.25) is 5.02 Å². The van der Waals surface area contributed by atoms with Gasteiger partial charge in [-0.05, 0) is 18.2 Å². The van der Waals surface area contributed by atoms with Crippen LogP contribution in [0.5, 0.6) is 0 Å². The summed E-state index contributed by atoms with van der Waals surface area (Å²) in [7, 11) is 0. The highest BCUT2D eigenvalue weighted by molar-refractivity contribution is 6.38. The molecule has 0 aromatic heterocycles. The summed E-state index contributed by atoms with van der Waals surface area (Å²) in [5.74, 6) is 0. The number of aromatic amines is 1. The van der Waals surface area contributed by atoms with Gasteiger partial charge in [0.05, 0.1) is 16.3 Å². The first-order valence-electron chi connectivity index (χ1n) is 4.96. The van der Waals surface area contributed by atoms with Gasteiger partial charge in [0.25, 0.3) is 0 Å². The molecule has 1 aromatic rings. The van der Waals surface area contributed by atoms with E-state index in [4.69, 9.17) is 11.6 Å². The predicted molar refractivity (Wildman–Crippen MR) is 66.2 cm³/mol. The summed E-state index contributed by atoms with van der Waals surface area (Å²) in [6.07, 6.45) is 0. The van der Waals surface area contributed by atoms with Gasteiger partial charge in [0, 0.05) is 10.9 Å². The van der Waals surface area contributed by atoms with Crippen LogP contribution < -0.4 is 5.43 Å². The number of aromatic nitrogens is 1. The summed E-state index contributed by atoms with van der Waals surface area (Å²) in [4.78, 5) is 14.9. The number of rotatable bonds is 0. The summed E-state index contributed by atoms with van der Waals surface area (Å²) in [5, 5.41) is 1.40. The molecule has 1 N–H and O–H groups in total. The molecule has 1 aromatic carbocycles. The molecule has 16 heavy (non-hydrogen) atoms. The van der Waals surface area contributed by atoms with Crippen molar-refractivity contribution in [1.82, 2.24) is 4.98 Å². The third-order valence-electron chi connectivity index (χ3n) is 2.68. The highest BCUT2D eigenvalue weighted by Gasteiger charge is 2.13. The Hall–Kier alpha value is -1.80. The average molecular weight is 230 g/mol. The van der Waals surface area contributed by atoms with E-state index in [1.165, 1.54) is 6.07 Å². The molecule has 0 fully saturated rings. The number of hydrogen-bond donors (Lipinski definition) is 1. The molecule has 2 nitrogen and oxygen atoms in total. The van der Waals surface area contributed by atoms with Gasteiger partial charge >= 0.3 is 0 Å². The van der Waals surface area contributed by atoms with E-state index in [1.54, 1.807) is 6.07 Å². The Morgan fingerprint density at radius 2 is 1.81 bits per heavy atom. The molecule has 0 bridgehead atoms. The first-order chi connectivity index (χ1) is 7.77. The van der Waals surface area contributed by atoms with E-state index in [2.05, 4.69) is 4.98 Å². The van der Waals surface area contributed by atoms with Gasteiger partial charge in [0.1, 0.15) is 0 Å². The maximum Gasteiger partial charge on any atom is 0.189 e. The van der Waals surface area contributed by atoms with E-state index in [0.29, 0.717) is 10.6 Å². The number of fused-ring (bicyclic) bond motifs is 2.